The van der Waals surface area contributed by atoms with Gasteiger partial charge in [0, 0.05) is 5.02 Å². The molecule has 0 unspecified atom stereocenters. The molecular formula is C17H14ClN3O2S. The Kier molecular flexibility index (Phi) is 4.59. The summed E-state index contributed by atoms with van der Waals surface area (Å²) in [6.07, 6.45) is 0. The first-order chi connectivity index (χ1) is 11.5. The molecule has 5 nitrogen and oxygen atoms in total. The number of rotatable bonds is 4. The Morgan fingerprint density at radius 2 is 2.08 bits per heavy atom. The predicted octanol–water partition coefficient (Wildman–Crippen LogP) is 2.92. The van der Waals surface area contributed by atoms with Crippen molar-refractivity contribution >= 4 is 40.2 Å². The summed E-state index contributed by atoms with van der Waals surface area (Å²) in [5, 5.41) is 1.36. The quantitative estimate of drug-likeness (QED) is 0.574. The number of fused-ring (bicyclic) bond motifs is 1. The number of hydrogen-bond donors (Lipinski definition) is 1. The second kappa shape index (κ2) is 6.67. The molecule has 1 aromatic heterocycles. The molecule has 0 atom stereocenters. The maximum Gasteiger partial charge on any atom is 0.266 e. The van der Waals surface area contributed by atoms with Crippen molar-refractivity contribution in [3.05, 3.63) is 63.4 Å². The fourth-order valence-electron chi connectivity index (χ4n) is 2.37. The SMILES string of the molecule is Cc1cccc(-n2c(SCC(N)=O)nc3cc(Cl)ccc3c2=O)c1. The minimum atomic E-state index is -0.476. The molecule has 3 rings (SSSR count). The number of carbonyl (C=O) groups is 1. The molecule has 0 fully saturated rings. The van der Waals surface area contributed by atoms with Crippen LogP contribution in [0.3, 0.4) is 0 Å². The van der Waals surface area contributed by atoms with Gasteiger partial charge in [0.2, 0.25) is 5.91 Å². The summed E-state index contributed by atoms with van der Waals surface area (Å²) in [6, 6.07) is 12.5. The van der Waals surface area contributed by atoms with E-state index in [0.29, 0.717) is 26.8 Å². The number of benzene rings is 2. The minimum absolute atomic E-state index is 0.0321. The number of carbonyl (C=O) groups excluding carboxylic acids is 1. The highest BCUT2D eigenvalue weighted by atomic mass is 35.5. The first kappa shape index (κ1) is 16.5. The number of nitrogens with zero attached hydrogens (tertiary/aromatic N) is 2. The molecule has 2 aromatic carbocycles. The van der Waals surface area contributed by atoms with Crippen molar-refractivity contribution < 1.29 is 4.79 Å². The number of halogens is 1. The molecule has 1 heterocycles. The highest BCUT2D eigenvalue weighted by Crippen LogP contribution is 2.23. The van der Waals surface area contributed by atoms with Crippen molar-refractivity contribution in [2.45, 2.75) is 12.1 Å². The Balaban J connectivity index is 2.29. The van der Waals surface area contributed by atoms with Gasteiger partial charge in [-0.1, -0.05) is 35.5 Å². The molecule has 122 valence electrons. The summed E-state index contributed by atoms with van der Waals surface area (Å²) in [5.41, 5.74) is 7.21. The molecule has 0 saturated heterocycles. The maximum atomic E-state index is 13.0. The highest BCUT2D eigenvalue weighted by Gasteiger charge is 2.14. The topological polar surface area (TPSA) is 78.0 Å². The number of thioether (sulfide) groups is 1. The zero-order valence-electron chi connectivity index (χ0n) is 12.8. The maximum absolute atomic E-state index is 13.0. The van der Waals surface area contributed by atoms with Gasteiger partial charge in [-0.2, -0.15) is 0 Å². The molecule has 3 aromatic rings. The van der Waals surface area contributed by atoms with Crippen molar-refractivity contribution in [3.8, 4) is 5.69 Å². The standard InChI is InChI=1S/C17H14ClN3O2S/c1-10-3-2-4-12(7-10)21-16(23)13-6-5-11(18)8-14(13)20-17(21)24-9-15(19)22/h2-8H,9H2,1H3,(H2,19,22). The third kappa shape index (κ3) is 3.29. The Morgan fingerprint density at radius 1 is 1.29 bits per heavy atom. The average molecular weight is 360 g/mol. The van der Waals surface area contributed by atoms with Crippen LogP contribution in [-0.4, -0.2) is 21.2 Å². The molecule has 0 saturated carbocycles. The van der Waals surface area contributed by atoms with Gasteiger partial charge in [-0.05, 0) is 42.8 Å². The van der Waals surface area contributed by atoms with Crippen LogP contribution in [0.1, 0.15) is 5.56 Å². The van der Waals surface area contributed by atoms with E-state index >= 15 is 0 Å². The number of nitrogens with two attached hydrogens (primary N) is 1. The molecule has 0 aliphatic heterocycles. The third-order valence-corrected chi connectivity index (χ3v) is 4.60. The molecule has 0 radical (unpaired) electrons. The Morgan fingerprint density at radius 3 is 2.79 bits per heavy atom. The van der Waals surface area contributed by atoms with E-state index in [1.54, 1.807) is 18.2 Å². The Labute approximate surface area is 147 Å². The van der Waals surface area contributed by atoms with Gasteiger partial charge in [0.1, 0.15) is 0 Å². The molecule has 0 aliphatic rings. The molecule has 0 spiro atoms. The van der Waals surface area contributed by atoms with Crippen LogP contribution in [0.2, 0.25) is 5.02 Å². The van der Waals surface area contributed by atoms with Crippen LogP contribution in [0.25, 0.3) is 16.6 Å². The molecule has 0 bridgehead atoms. The normalized spacial score (nSPS) is 10.9. The monoisotopic (exact) mass is 359 g/mol. The summed E-state index contributed by atoms with van der Waals surface area (Å²) >= 11 is 7.12. The summed E-state index contributed by atoms with van der Waals surface area (Å²) < 4.78 is 1.50. The lowest BCUT2D eigenvalue weighted by Gasteiger charge is -2.13. The summed E-state index contributed by atoms with van der Waals surface area (Å²) in [6.45, 7) is 1.94. The van der Waals surface area contributed by atoms with Gasteiger partial charge < -0.3 is 5.73 Å². The third-order valence-electron chi connectivity index (χ3n) is 3.40. The van der Waals surface area contributed by atoms with E-state index in [2.05, 4.69) is 4.98 Å². The van der Waals surface area contributed by atoms with Gasteiger partial charge in [-0.25, -0.2) is 4.98 Å². The van der Waals surface area contributed by atoms with Crippen LogP contribution in [0, 0.1) is 6.92 Å². The van der Waals surface area contributed by atoms with E-state index in [1.807, 2.05) is 31.2 Å². The minimum Gasteiger partial charge on any atom is -0.369 e. The fraction of sp³-hybridized carbons (Fsp3) is 0.118. The number of hydrogen-bond acceptors (Lipinski definition) is 4. The lowest BCUT2D eigenvalue weighted by molar-refractivity contribution is -0.115. The van der Waals surface area contributed by atoms with Crippen LogP contribution in [0.15, 0.2) is 52.4 Å². The van der Waals surface area contributed by atoms with Gasteiger partial charge >= 0.3 is 0 Å². The van der Waals surface area contributed by atoms with E-state index in [0.717, 1.165) is 17.3 Å². The van der Waals surface area contributed by atoms with Crippen molar-refractivity contribution in [1.29, 1.82) is 0 Å². The largest absolute Gasteiger partial charge is 0.369 e. The van der Waals surface area contributed by atoms with Crippen molar-refractivity contribution in [2.24, 2.45) is 5.73 Å². The molecule has 24 heavy (non-hydrogen) atoms. The molecular weight excluding hydrogens is 346 g/mol. The van der Waals surface area contributed by atoms with Crippen LogP contribution in [0.5, 0.6) is 0 Å². The summed E-state index contributed by atoms with van der Waals surface area (Å²) in [4.78, 5) is 28.6. The van der Waals surface area contributed by atoms with Gasteiger partial charge in [-0.3, -0.25) is 14.2 Å². The van der Waals surface area contributed by atoms with Crippen LogP contribution < -0.4 is 11.3 Å². The van der Waals surface area contributed by atoms with Gasteiger partial charge in [0.25, 0.3) is 5.56 Å². The second-order valence-corrected chi connectivity index (χ2v) is 6.67. The average Bonchev–Trinajstić information content (AvgIpc) is 2.52. The van der Waals surface area contributed by atoms with Crippen molar-refractivity contribution in [1.82, 2.24) is 9.55 Å². The highest BCUT2D eigenvalue weighted by molar-refractivity contribution is 7.99. The predicted molar refractivity (Wildman–Crippen MR) is 97.0 cm³/mol. The smallest absolute Gasteiger partial charge is 0.266 e. The van der Waals surface area contributed by atoms with Crippen molar-refractivity contribution in [3.63, 3.8) is 0 Å². The van der Waals surface area contributed by atoms with Gasteiger partial charge in [0.15, 0.2) is 5.16 Å². The second-order valence-electron chi connectivity index (χ2n) is 5.29. The number of aromatic nitrogens is 2. The number of primary amides is 1. The zero-order valence-corrected chi connectivity index (χ0v) is 14.4. The number of aryl methyl sites for hydroxylation is 1. The Bertz CT molecular complexity index is 1000. The number of amides is 1. The molecule has 7 heteroatoms. The summed E-state index contributed by atoms with van der Waals surface area (Å²) in [5.74, 6) is -0.444. The van der Waals surface area contributed by atoms with Gasteiger partial charge in [0.05, 0.1) is 22.3 Å². The summed E-state index contributed by atoms with van der Waals surface area (Å²) in [7, 11) is 0. The van der Waals surface area contributed by atoms with Crippen LogP contribution in [-0.2, 0) is 4.79 Å². The van der Waals surface area contributed by atoms with Crippen LogP contribution in [0.4, 0.5) is 0 Å². The van der Waals surface area contributed by atoms with E-state index in [9.17, 15) is 9.59 Å². The fourth-order valence-corrected chi connectivity index (χ4v) is 3.28. The van der Waals surface area contributed by atoms with Gasteiger partial charge in [-0.15, -0.1) is 0 Å². The van der Waals surface area contributed by atoms with Crippen LogP contribution >= 0.6 is 23.4 Å². The Hall–Kier alpha value is -2.31. The molecule has 1 amide bonds. The molecule has 0 aliphatic carbocycles. The lowest BCUT2D eigenvalue weighted by Crippen LogP contribution is -2.23. The first-order valence-electron chi connectivity index (χ1n) is 7.16. The van der Waals surface area contributed by atoms with E-state index in [-0.39, 0.29) is 11.3 Å². The lowest BCUT2D eigenvalue weighted by atomic mass is 10.2. The molecule has 2 N–H and O–H groups in total. The zero-order chi connectivity index (χ0) is 17.3. The van der Waals surface area contributed by atoms with Crippen molar-refractivity contribution in [2.75, 3.05) is 5.75 Å². The van der Waals surface area contributed by atoms with E-state index in [1.165, 1.54) is 4.57 Å². The van der Waals surface area contributed by atoms with E-state index in [4.69, 9.17) is 17.3 Å². The van der Waals surface area contributed by atoms with E-state index < -0.39 is 5.91 Å². The first-order valence-corrected chi connectivity index (χ1v) is 8.52.